The number of fused-ring (bicyclic) bond motifs is 7. The van der Waals surface area contributed by atoms with Crippen molar-refractivity contribution in [3.63, 3.8) is 0 Å². The summed E-state index contributed by atoms with van der Waals surface area (Å²) in [4.78, 5) is 0. The van der Waals surface area contributed by atoms with E-state index in [2.05, 4.69) is 27.7 Å². The first-order valence-corrected chi connectivity index (χ1v) is 13.2. The Morgan fingerprint density at radius 3 is 2.53 bits per heavy atom. The van der Waals surface area contributed by atoms with E-state index in [-0.39, 0.29) is 6.10 Å². The Balaban J connectivity index is 1.32. The summed E-state index contributed by atoms with van der Waals surface area (Å²) in [6.45, 7) is 10.2. The number of aliphatic hydroxyl groups is 2. The standard InChI is InChI=1S/C27H46O3/c1-16(15-28)5-8-23-17(2)25-24(30-23)14-22-20-7-6-18-13-19(29)9-11-26(18,3)21(20)10-12-27(22,25)4/h16-25,28-29H,5-15H2,1-4H3/t16-,17+,18+,19+,20+,21-,22-,23+,24-,25-,26-,27-/m0/s1. The van der Waals surface area contributed by atoms with Crippen LogP contribution in [0.15, 0.2) is 0 Å². The van der Waals surface area contributed by atoms with Crippen LogP contribution in [0, 0.1) is 52.3 Å². The summed E-state index contributed by atoms with van der Waals surface area (Å²) in [7, 11) is 0. The average Bonchev–Trinajstić information content (AvgIpc) is 3.20. The van der Waals surface area contributed by atoms with E-state index in [4.69, 9.17) is 4.74 Å². The zero-order valence-electron chi connectivity index (χ0n) is 19.9. The van der Waals surface area contributed by atoms with E-state index in [0.717, 1.165) is 55.3 Å². The van der Waals surface area contributed by atoms with Crippen molar-refractivity contribution in [2.24, 2.45) is 52.3 Å². The number of ether oxygens (including phenoxy) is 1. The number of rotatable bonds is 4. The molecule has 0 aromatic rings. The summed E-state index contributed by atoms with van der Waals surface area (Å²) in [6.07, 6.45) is 13.2. The van der Waals surface area contributed by atoms with Crippen LogP contribution in [0.2, 0.25) is 0 Å². The lowest BCUT2D eigenvalue weighted by Crippen LogP contribution is -2.54. The molecule has 0 radical (unpaired) electrons. The largest absolute Gasteiger partial charge is 0.396 e. The van der Waals surface area contributed by atoms with Gasteiger partial charge in [0.2, 0.25) is 0 Å². The van der Waals surface area contributed by atoms with Crippen molar-refractivity contribution in [2.75, 3.05) is 6.61 Å². The zero-order valence-corrected chi connectivity index (χ0v) is 19.9. The SMILES string of the molecule is C[C@H](CO)CC[C@H]1O[C@H]2C[C@H]3[C@@H]4CC[C@@H]5C[C@H](O)CC[C@]5(C)[C@H]4CC[C@]3(C)[C@H]2[C@@H]1C. The molecule has 5 fully saturated rings. The highest BCUT2D eigenvalue weighted by molar-refractivity contribution is 5.14. The minimum absolute atomic E-state index is 0.0425. The molecule has 5 aliphatic rings. The van der Waals surface area contributed by atoms with E-state index >= 15 is 0 Å². The number of hydrogen-bond donors (Lipinski definition) is 2. The first-order valence-electron chi connectivity index (χ1n) is 13.2. The fourth-order valence-electron chi connectivity index (χ4n) is 9.79. The van der Waals surface area contributed by atoms with Crippen LogP contribution in [0.4, 0.5) is 0 Å². The summed E-state index contributed by atoms with van der Waals surface area (Å²) in [5, 5.41) is 19.7. The lowest BCUT2D eigenvalue weighted by Gasteiger charge is -2.61. The van der Waals surface area contributed by atoms with Crippen LogP contribution in [0.5, 0.6) is 0 Å². The smallest absolute Gasteiger partial charge is 0.0618 e. The quantitative estimate of drug-likeness (QED) is 0.640. The molecule has 3 heteroatoms. The topological polar surface area (TPSA) is 49.7 Å². The normalized spacial score (nSPS) is 56.0. The van der Waals surface area contributed by atoms with E-state index < -0.39 is 0 Å². The van der Waals surface area contributed by atoms with E-state index in [0.29, 0.717) is 41.5 Å². The van der Waals surface area contributed by atoms with Crippen LogP contribution in [0.1, 0.15) is 91.9 Å². The van der Waals surface area contributed by atoms with Gasteiger partial charge in [-0.2, -0.15) is 0 Å². The maximum Gasteiger partial charge on any atom is 0.0618 e. The molecule has 0 aromatic heterocycles. The summed E-state index contributed by atoms with van der Waals surface area (Å²) in [5.41, 5.74) is 0.927. The molecular formula is C27H46O3. The Labute approximate surface area is 184 Å². The molecule has 12 atom stereocenters. The fraction of sp³-hybridized carbons (Fsp3) is 1.00. The molecule has 0 aromatic carbocycles. The van der Waals surface area contributed by atoms with Gasteiger partial charge in [0.1, 0.15) is 0 Å². The van der Waals surface area contributed by atoms with Crippen molar-refractivity contribution in [3.8, 4) is 0 Å². The summed E-state index contributed by atoms with van der Waals surface area (Å²) in [5.74, 6) is 5.13. The molecule has 1 aliphatic heterocycles. The highest BCUT2D eigenvalue weighted by Crippen LogP contribution is 2.70. The highest BCUT2D eigenvalue weighted by atomic mass is 16.5. The van der Waals surface area contributed by atoms with E-state index in [1.807, 2.05) is 0 Å². The summed E-state index contributed by atoms with van der Waals surface area (Å²) >= 11 is 0. The van der Waals surface area contributed by atoms with Crippen LogP contribution in [-0.2, 0) is 4.74 Å². The number of aliphatic hydroxyl groups excluding tert-OH is 2. The van der Waals surface area contributed by atoms with Gasteiger partial charge in [-0.25, -0.2) is 0 Å². The molecule has 2 N–H and O–H groups in total. The van der Waals surface area contributed by atoms with Crippen molar-refractivity contribution >= 4 is 0 Å². The maximum atomic E-state index is 10.3. The Hall–Kier alpha value is -0.120. The van der Waals surface area contributed by atoms with Crippen LogP contribution in [0.25, 0.3) is 0 Å². The molecule has 1 saturated heterocycles. The minimum Gasteiger partial charge on any atom is -0.396 e. The maximum absolute atomic E-state index is 10.3. The predicted molar refractivity (Wildman–Crippen MR) is 120 cm³/mol. The average molecular weight is 419 g/mol. The molecule has 30 heavy (non-hydrogen) atoms. The molecule has 5 rings (SSSR count). The summed E-state index contributed by atoms with van der Waals surface area (Å²) < 4.78 is 6.76. The lowest BCUT2D eigenvalue weighted by molar-refractivity contribution is -0.130. The molecule has 0 amide bonds. The minimum atomic E-state index is -0.0425. The Kier molecular flexibility index (Phi) is 5.60. The third-order valence-electron chi connectivity index (χ3n) is 11.5. The van der Waals surface area contributed by atoms with E-state index in [9.17, 15) is 10.2 Å². The van der Waals surface area contributed by atoms with Crippen molar-refractivity contribution in [2.45, 2.75) is 110 Å². The van der Waals surface area contributed by atoms with Gasteiger partial charge in [0.15, 0.2) is 0 Å². The van der Waals surface area contributed by atoms with Gasteiger partial charge in [-0.15, -0.1) is 0 Å². The molecule has 172 valence electrons. The second-order valence-corrected chi connectivity index (χ2v) is 12.8. The van der Waals surface area contributed by atoms with Crippen molar-refractivity contribution in [3.05, 3.63) is 0 Å². The lowest BCUT2D eigenvalue weighted by atomic mass is 9.44. The van der Waals surface area contributed by atoms with Gasteiger partial charge >= 0.3 is 0 Å². The predicted octanol–water partition coefficient (Wildman–Crippen LogP) is 5.43. The first-order chi connectivity index (χ1) is 14.3. The molecule has 0 bridgehead atoms. The van der Waals surface area contributed by atoms with Gasteiger partial charge in [0.05, 0.1) is 18.3 Å². The number of hydrogen-bond acceptors (Lipinski definition) is 3. The molecule has 0 spiro atoms. The molecular weight excluding hydrogens is 372 g/mol. The third-order valence-corrected chi connectivity index (χ3v) is 11.5. The van der Waals surface area contributed by atoms with Crippen LogP contribution in [0.3, 0.4) is 0 Å². The molecule has 3 nitrogen and oxygen atoms in total. The molecule has 4 aliphatic carbocycles. The zero-order chi connectivity index (χ0) is 21.3. The van der Waals surface area contributed by atoms with Crippen LogP contribution >= 0.6 is 0 Å². The summed E-state index contributed by atoms with van der Waals surface area (Å²) in [6, 6.07) is 0. The van der Waals surface area contributed by atoms with Gasteiger partial charge in [-0.1, -0.05) is 27.7 Å². The van der Waals surface area contributed by atoms with E-state index in [1.165, 1.54) is 38.5 Å². The monoisotopic (exact) mass is 418 g/mol. The van der Waals surface area contributed by atoms with Gasteiger partial charge < -0.3 is 14.9 Å². The van der Waals surface area contributed by atoms with Crippen LogP contribution in [-0.4, -0.2) is 35.1 Å². The Morgan fingerprint density at radius 1 is 1.00 bits per heavy atom. The van der Waals surface area contributed by atoms with Crippen molar-refractivity contribution in [1.29, 1.82) is 0 Å². The Morgan fingerprint density at radius 2 is 1.77 bits per heavy atom. The first kappa shape index (κ1) is 21.7. The van der Waals surface area contributed by atoms with Gasteiger partial charge in [0.25, 0.3) is 0 Å². The van der Waals surface area contributed by atoms with Gasteiger partial charge in [-0.3, -0.25) is 0 Å². The second kappa shape index (κ2) is 7.73. The fourth-order valence-corrected chi connectivity index (χ4v) is 9.79. The molecule has 4 saturated carbocycles. The Bertz CT molecular complexity index is 636. The molecule has 1 heterocycles. The van der Waals surface area contributed by atoms with Gasteiger partial charge in [-0.05, 0) is 116 Å². The van der Waals surface area contributed by atoms with Crippen molar-refractivity contribution in [1.82, 2.24) is 0 Å². The second-order valence-electron chi connectivity index (χ2n) is 12.8. The highest BCUT2D eigenvalue weighted by Gasteiger charge is 2.65. The molecule has 0 unspecified atom stereocenters. The third kappa shape index (κ3) is 3.16. The van der Waals surface area contributed by atoms with Crippen molar-refractivity contribution < 1.29 is 14.9 Å². The van der Waals surface area contributed by atoms with Gasteiger partial charge in [0, 0.05) is 6.61 Å². The van der Waals surface area contributed by atoms with Crippen LogP contribution < -0.4 is 0 Å². The van der Waals surface area contributed by atoms with E-state index in [1.54, 1.807) is 0 Å².